The number of imidazole rings is 1. The van der Waals surface area contributed by atoms with Crippen molar-refractivity contribution >= 4 is 58.8 Å². The van der Waals surface area contributed by atoms with Crippen LogP contribution >= 0.6 is 35.0 Å². The number of ether oxygens (including phenoxy) is 1. The fourth-order valence-corrected chi connectivity index (χ4v) is 6.02. The number of halogens is 2. The van der Waals surface area contributed by atoms with Gasteiger partial charge in [-0.2, -0.15) is 0 Å². The monoisotopic (exact) mass is 615 g/mol. The molecule has 1 atom stereocenters. The fraction of sp³-hybridized carbons (Fsp3) is 0.333. The summed E-state index contributed by atoms with van der Waals surface area (Å²) in [5.74, 6) is -0.989. The molecule has 0 saturated carbocycles. The molecule has 0 unspecified atom stereocenters. The van der Waals surface area contributed by atoms with E-state index >= 15 is 0 Å². The average Bonchev–Trinajstić information content (AvgIpc) is 3.43. The molecule has 2 N–H and O–H groups in total. The van der Waals surface area contributed by atoms with Crippen LogP contribution in [0.25, 0.3) is 6.08 Å². The maximum absolute atomic E-state index is 13.2. The van der Waals surface area contributed by atoms with E-state index in [-0.39, 0.29) is 17.7 Å². The number of hydrogen-bond acceptors (Lipinski definition) is 6. The lowest BCUT2D eigenvalue weighted by Crippen LogP contribution is -2.96. The summed E-state index contributed by atoms with van der Waals surface area (Å²) >= 11 is 14.2. The van der Waals surface area contributed by atoms with Gasteiger partial charge in [-0.15, -0.1) is 11.8 Å². The molecule has 2 heterocycles. The minimum Gasteiger partial charge on any atom is -0.465 e. The Bertz CT molecular complexity index is 1400. The second-order valence-electron chi connectivity index (χ2n) is 9.82. The first-order valence-corrected chi connectivity index (χ1v) is 15.3. The molecule has 2 aromatic carbocycles. The van der Waals surface area contributed by atoms with Gasteiger partial charge in [-0.1, -0.05) is 59.6 Å². The van der Waals surface area contributed by atoms with Gasteiger partial charge < -0.3 is 14.2 Å². The summed E-state index contributed by atoms with van der Waals surface area (Å²) in [6, 6.07) is 12.9. The summed E-state index contributed by atoms with van der Waals surface area (Å²) < 4.78 is 6.99. The van der Waals surface area contributed by atoms with E-state index in [0.29, 0.717) is 54.5 Å². The van der Waals surface area contributed by atoms with Crippen LogP contribution in [0.5, 0.6) is 0 Å². The van der Waals surface area contributed by atoms with Crippen molar-refractivity contribution in [2.75, 3.05) is 26.5 Å². The number of carbonyl (C=O) groups excluding carboxylic acids is 3. The third-order valence-corrected chi connectivity index (χ3v) is 8.99. The summed E-state index contributed by atoms with van der Waals surface area (Å²) in [5.41, 5.74) is 2.62. The Kier molecular flexibility index (Phi) is 11.0. The number of esters is 1. The third-order valence-electron chi connectivity index (χ3n) is 7.20. The molecule has 1 aromatic heterocycles. The number of nitrogens with two attached hydrogens (primary N) is 1. The van der Waals surface area contributed by atoms with Crippen molar-refractivity contribution in [2.45, 2.75) is 36.7 Å². The number of primary amides is 1. The Hall–Kier alpha value is -3.11. The quantitative estimate of drug-likeness (QED) is 0.210. The maximum atomic E-state index is 13.2. The number of methoxy groups -OCH3 is 1. The largest absolute Gasteiger partial charge is 0.465 e. The Morgan fingerprint density at radius 1 is 1.12 bits per heavy atom. The van der Waals surface area contributed by atoms with Gasteiger partial charge in [-0.05, 0) is 42.4 Å². The van der Waals surface area contributed by atoms with Gasteiger partial charge in [0.15, 0.2) is 6.04 Å². The van der Waals surface area contributed by atoms with Crippen molar-refractivity contribution in [3.63, 3.8) is 0 Å². The van der Waals surface area contributed by atoms with Gasteiger partial charge in [0.25, 0.3) is 0 Å². The Morgan fingerprint density at radius 3 is 2.54 bits per heavy atom. The predicted molar refractivity (Wildman–Crippen MR) is 161 cm³/mol. The highest BCUT2D eigenvalue weighted by Crippen LogP contribution is 2.35. The highest BCUT2D eigenvalue weighted by atomic mass is 35.5. The SMILES string of the molecule is COC(=O)[C@H](Cc1cncn1Cc1ccccc1)[NH2+]C(=O)C1CCN(C(=O)/C=C/c2ccc(SC)c(Cl)c2Cl)CC1. The van der Waals surface area contributed by atoms with Crippen LogP contribution in [0, 0.1) is 5.92 Å². The molecular formula is C30H33Cl2N4O4S+. The van der Waals surface area contributed by atoms with Gasteiger partial charge in [0, 0.05) is 42.5 Å². The minimum atomic E-state index is -0.726. The Morgan fingerprint density at radius 2 is 1.85 bits per heavy atom. The second-order valence-corrected chi connectivity index (χ2v) is 11.4. The average molecular weight is 617 g/mol. The molecule has 0 spiro atoms. The van der Waals surface area contributed by atoms with E-state index < -0.39 is 12.0 Å². The minimum absolute atomic E-state index is 0.104. The number of amides is 2. The summed E-state index contributed by atoms with van der Waals surface area (Å²) in [7, 11) is 1.32. The molecule has 41 heavy (non-hydrogen) atoms. The molecule has 1 aliphatic heterocycles. The Balaban J connectivity index is 1.33. The molecule has 4 rings (SSSR count). The number of thioether (sulfide) groups is 1. The van der Waals surface area contributed by atoms with E-state index in [2.05, 4.69) is 4.98 Å². The molecule has 2 amide bonds. The van der Waals surface area contributed by atoms with Crippen LogP contribution < -0.4 is 5.32 Å². The molecule has 1 fully saturated rings. The van der Waals surface area contributed by atoms with Crippen molar-refractivity contribution < 1.29 is 24.4 Å². The highest BCUT2D eigenvalue weighted by molar-refractivity contribution is 7.98. The van der Waals surface area contributed by atoms with Gasteiger partial charge in [0.05, 0.1) is 35.8 Å². The first kappa shape index (κ1) is 30.8. The predicted octanol–water partition coefficient (Wildman–Crippen LogP) is 4.09. The van der Waals surface area contributed by atoms with Crippen molar-refractivity contribution in [1.82, 2.24) is 14.5 Å². The summed E-state index contributed by atoms with van der Waals surface area (Å²) in [5, 5.41) is 2.36. The molecule has 1 saturated heterocycles. The number of likely N-dealkylation sites (tertiary alicyclic amines) is 1. The van der Waals surface area contributed by atoms with Crippen molar-refractivity contribution in [1.29, 1.82) is 0 Å². The van der Waals surface area contributed by atoms with Gasteiger partial charge in [-0.3, -0.25) is 10.1 Å². The number of rotatable bonds is 10. The smallest absolute Gasteiger partial charge is 0.365 e. The normalized spacial score (nSPS) is 14.8. The lowest BCUT2D eigenvalue weighted by atomic mass is 9.95. The standard InChI is InChI=1S/C30H32Cl2N4O4S/c1-40-30(39)24(16-23-17-33-19-36(23)18-20-6-4-3-5-7-20)34-29(38)22-12-14-35(15-13-22)26(37)11-9-21-8-10-25(41-2)28(32)27(21)31/h3-11,17,19,22,24H,12-16,18H2,1-2H3,(H,34,38)/p+1/b11-9+/t24-/m0/s1. The van der Waals surface area contributed by atoms with Crippen molar-refractivity contribution in [3.8, 4) is 0 Å². The van der Waals surface area contributed by atoms with Crippen LogP contribution in [0.3, 0.4) is 0 Å². The molecule has 8 nitrogen and oxygen atoms in total. The molecule has 0 bridgehead atoms. The van der Waals surface area contributed by atoms with E-state index in [0.717, 1.165) is 16.2 Å². The molecule has 0 aliphatic carbocycles. The number of hydrogen-bond donors (Lipinski definition) is 1. The summed E-state index contributed by atoms with van der Waals surface area (Å²) in [6.07, 6.45) is 9.84. The second kappa shape index (κ2) is 14.7. The van der Waals surface area contributed by atoms with E-state index in [1.807, 2.05) is 53.3 Å². The zero-order valence-electron chi connectivity index (χ0n) is 23.0. The number of carbonyl (C=O) groups is 3. The van der Waals surface area contributed by atoms with Crippen LogP contribution in [-0.2, 0) is 32.1 Å². The Labute approximate surface area is 254 Å². The van der Waals surface area contributed by atoms with Crippen LogP contribution in [0.4, 0.5) is 0 Å². The van der Waals surface area contributed by atoms with Crippen LogP contribution in [-0.4, -0.2) is 64.7 Å². The molecular weight excluding hydrogens is 583 g/mol. The van der Waals surface area contributed by atoms with Gasteiger partial charge in [0.1, 0.15) is 0 Å². The maximum Gasteiger partial charge on any atom is 0.365 e. The first-order chi connectivity index (χ1) is 19.8. The third kappa shape index (κ3) is 8.01. The summed E-state index contributed by atoms with van der Waals surface area (Å²) in [6.45, 7) is 1.50. The molecule has 216 valence electrons. The van der Waals surface area contributed by atoms with Gasteiger partial charge >= 0.3 is 11.9 Å². The lowest BCUT2D eigenvalue weighted by Gasteiger charge is -2.30. The zero-order valence-corrected chi connectivity index (χ0v) is 25.3. The lowest BCUT2D eigenvalue weighted by molar-refractivity contribution is -0.597. The molecule has 1 aliphatic rings. The van der Waals surface area contributed by atoms with Crippen molar-refractivity contribution in [3.05, 3.63) is 87.9 Å². The number of nitrogens with zero attached hydrogens (tertiary/aromatic N) is 3. The number of piperidine rings is 1. The van der Waals surface area contributed by atoms with Crippen LogP contribution in [0.2, 0.25) is 10.0 Å². The van der Waals surface area contributed by atoms with Crippen LogP contribution in [0.15, 0.2) is 66.0 Å². The van der Waals surface area contributed by atoms with E-state index in [9.17, 15) is 14.4 Å². The van der Waals surface area contributed by atoms with E-state index in [1.165, 1.54) is 30.3 Å². The molecule has 0 radical (unpaired) electrons. The summed E-state index contributed by atoms with van der Waals surface area (Å²) in [4.78, 5) is 45.5. The highest BCUT2D eigenvalue weighted by Gasteiger charge is 2.34. The zero-order chi connectivity index (χ0) is 29.4. The molecule has 3 aromatic rings. The van der Waals surface area contributed by atoms with Crippen molar-refractivity contribution in [2.24, 2.45) is 5.92 Å². The van der Waals surface area contributed by atoms with E-state index in [4.69, 9.17) is 27.9 Å². The van der Waals surface area contributed by atoms with E-state index in [1.54, 1.807) is 23.5 Å². The van der Waals surface area contributed by atoms with Gasteiger partial charge in [0.2, 0.25) is 5.91 Å². The number of aromatic nitrogens is 2. The van der Waals surface area contributed by atoms with Crippen LogP contribution in [0.1, 0.15) is 29.7 Å². The number of benzene rings is 2. The topological polar surface area (TPSA) is 98.1 Å². The first-order valence-electron chi connectivity index (χ1n) is 13.3. The van der Waals surface area contributed by atoms with Gasteiger partial charge in [-0.25, -0.2) is 14.6 Å². The molecule has 11 heteroatoms. The number of quaternary nitrogens is 1. The fourth-order valence-electron chi connectivity index (χ4n) is 4.85.